The zero-order valence-electron chi connectivity index (χ0n) is 16.4. The number of hydrogen-bond acceptors (Lipinski definition) is 3. The molecule has 4 nitrogen and oxygen atoms in total. The summed E-state index contributed by atoms with van der Waals surface area (Å²) in [6.07, 6.45) is -14.9. The topological polar surface area (TPSA) is 40.6 Å². The molecule has 14 heteroatoms. The van der Waals surface area contributed by atoms with Gasteiger partial charge in [-0.05, 0) is 35.9 Å². The van der Waals surface area contributed by atoms with Crippen molar-refractivity contribution in [3.05, 3.63) is 64.7 Å². The summed E-state index contributed by atoms with van der Waals surface area (Å²) < 4.78 is 143. The summed E-state index contributed by atoms with van der Waals surface area (Å²) in [5.74, 6) is 0. The number of hydrogen-bond donors (Lipinski definition) is 0. The zero-order chi connectivity index (χ0) is 24.8. The maximum atomic E-state index is 13.1. The third kappa shape index (κ3) is 5.79. The lowest BCUT2D eigenvalue weighted by Gasteiger charge is -2.20. The SMILES string of the molecule is O=S(=O)(c1cc(C(F)(F)F)cc(C(F)(F)F)c1)N1CCN(Cc2ccc(C(F)(F)F)cc2)C1. The first-order chi connectivity index (χ1) is 15.0. The standard InChI is InChI=1S/C19H15F9N2O2S/c20-17(21,22)13-3-1-12(2-4-13)10-29-5-6-30(11-29)33(31,32)16-8-14(18(23,24)25)7-15(9-16)19(26,27)28/h1-4,7-9H,5-6,10-11H2. The fraction of sp³-hybridized carbons (Fsp3) is 0.368. The van der Waals surface area contributed by atoms with Crippen molar-refractivity contribution in [2.24, 2.45) is 0 Å². The minimum Gasteiger partial charge on any atom is -0.284 e. The van der Waals surface area contributed by atoms with E-state index in [0.29, 0.717) is 9.87 Å². The molecule has 2 aromatic rings. The summed E-state index contributed by atoms with van der Waals surface area (Å²) >= 11 is 0. The van der Waals surface area contributed by atoms with Crippen molar-refractivity contribution >= 4 is 10.0 Å². The highest BCUT2D eigenvalue weighted by Crippen LogP contribution is 2.38. The number of rotatable bonds is 4. The number of benzene rings is 2. The predicted molar refractivity (Wildman–Crippen MR) is 97.1 cm³/mol. The van der Waals surface area contributed by atoms with E-state index in [1.165, 1.54) is 17.0 Å². The molecule has 0 aliphatic carbocycles. The van der Waals surface area contributed by atoms with Crippen LogP contribution in [0.3, 0.4) is 0 Å². The van der Waals surface area contributed by atoms with E-state index < -0.39 is 50.1 Å². The molecule has 1 heterocycles. The average Bonchev–Trinajstić information content (AvgIpc) is 3.15. The molecule has 1 saturated heterocycles. The van der Waals surface area contributed by atoms with Crippen LogP contribution in [0.4, 0.5) is 39.5 Å². The Labute approximate surface area is 182 Å². The van der Waals surface area contributed by atoms with Gasteiger partial charge in [0.05, 0.1) is 28.3 Å². The average molecular weight is 506 g/mol. The Morgan fingerprint density at radius 3 is 1.64 bits per heavy atom. The van der Waals surface area contributed by atoms with E-state index >= 15 is 0 Å². The van der Waals surface area contributed by atoms with Gasteiger partial charge in [-0.2, -0.15) is 43.8 Å². The molecule has 182 valence electrons. The molecule has 0 N–H and O–H groups in total. The van der Waals surface area contributed by atoms with Gasteiger partial charge < -0.3 is 0 Å². The first kappa shape index (κ1) is 25.3. The third-order valence-corrected chi connectivity index (χ3v) is 6.72. The molecule has 1 aliphatic heterocycles. The Morgan fingerprint density at radius 1 is 0.697 bits per heavy atom. The molecular formula is C19H15F9N2O2S. The Hall–Kier alpha value is -2.32. The molecule has 33 heavy (non-hydrogen) atoms. The lowest BCUT2D eigenvalue weighted by molar-refractivity contribution is -0.143. The molecule has 0 amide bonds. The van der Waals surface area contributed by atoms with Gasteiger partial charge in [0.15, 0.2) is 0 Å². The van der Waals surface area contributed by atoms with Crippen molar-refractivity contribution in [2.75, 3.05) is 19.8 Å². The van der Waals surface area contributed by atoms with Gasteiger partial charge >= 0.3 is 18.5 Å². The van der Waals surface area contributed by atoms with Crippen LogP contribution in [-0.4, -0.2) is 37.4 Å². The Kier molecular flexibility index (Phi) is 6.50. The number of alkyl halides is 9. The van der Waals surface area contributed by atoms with Crippen LogP contribution in [0.25, 0.3) is 0 Å². The normalized spacial score (nSPS) is 17.0. The number of halogens is 9. The van der Waals surface area contributed by atoms with Gasteiger partial charge in [-0.15, -0.1) is 0 Å². The van der Waals surface area contributed by atoms with Crippen molar-refractivity contribution in [1.82, 2.24) is 9.21 Å². The fourth-order valence-corrected chi connectivity index (χ4v) is 4.71. The maximum Gasteiger partial charge on any atom is 0.416 e. The largest absolute Gasteiger partial charge is 0.416 e. The number of nitrogens with zero attached hydrogens (tertiary/aromatic N) is 2. The highest BCUT2D eigenvalue weighted by atomic mass is 32.2. The molecule has 0 unspecified atom stereocenters. The molecule has 0 bridgehead atoms. The monoisotopic (exact) mass is 506 g/mol. The van der Waals surface area contributed by atoms with E-state index in [1.807, 2.05) is 0 Å². The molecular weight excluding hydrogens is 491 g/mol. The lowest BCUT2D eigenvalue weighted by atomic mass is 10.1. The Balaban J connectivity index is 1.82. The van der Waals surface area contributed by atoms with Crippen LogP contribution in [0.15, 0.2) is 47.4 Å². The third-order valence-electron chi connectivity index (χ3n) is 4.91. The van der Waals surface area contributed by atoms with Crippen LogP contribution in [0.5, 0.6) is 0 Å². The van der Waals surface area contributed by atoms with Gasteiger partial charge in [0.25, 0.3) is 0 Å². The van der Waals surface area contributed by atoms with Gasteiger partial charge in [-0.25, -0.2) is 8.42 Å². The van der Waals surface area contributed by atoms with E-state index in [9.17, 15) is 47.9 Å². The van der Waals surface area contributed by atoms with E-state index in [1.54, 1.807) is 0 Å². The maximum absolute atomic E-state index is 13.1. The van der Waals surface area contributed by atoms with E-state index in [-0.39, 0.29) is 44.5 Å². The second kappa shape index (κ2) is 8.47. The first-order valence-electron chi connectivity index (χ1n) is 9.16. The minimum absolute atomic E-state index is 0.0283. The van der Waals surface area contributed by atoms with E-state index in [4.69, 9.17) is 0 Å². The fourth-order valence-electron chi connectivity index (χ4n) is 3.22. The van der Waals surface area contributed by atoms with Crippen LogP contribution < -0.4 is 0 Å². The van der Waals surface area contributed by atoms with Crippen LogP contribution in [-0.2, 0) is 35.1 Å². The van der Waals surface area contributed by atoms with Gasteiger partial charge in [-0.1, -0.05) is 12.1 Å². The quantitative estimate of drug-likeness (QED) is 0.535. The van der Waals surface area contributed by atoms with Crippen molar-refractivity contribution in [3.8, 4) is 0 Å². The van der Waals surface area contributed by atoms with Crippen molar-refractivity contribution < 1.29 is 47.9 Å². The molecule has 0 saturated carbocycles. The minimum atomic E-state index is -5.20. The highest BCUT2D eigenvalue weighted by molar-refractivity contribution is 7.89. The molecule has 3 rings (SSSR count). The first-order valence-corrected chi connectivity index (χ1v) is 10.6. The van der Waals surface area contributed by atoms with Crippen LogP contribution >= 0.6 is 0 Å². The molecule has 0 aromatic heterocycles. The van der Waals surface area contributed by atoms with Gasteiger partial charge in [0.1, 0.15) is 0 Å². The van der Waals surface area contributed by atoms with Gasteiger partial charge in [-0.3, -0.25) is 4.90 Å². The summed E-state index contributed by atoms with van der Waals surface area (Å²) in [5.41, 5.74) is -3.96. The highest BCUT2D eigenvalue weighted by Gasteiger charge is 2.40. The Morgan fingerprint density at radius 2 is 1.18 bits per heavy atom. The molecule has 0 atom stereocenters. The summed E-state index contributed by atoms with van der Waals surface area (Å²) in [6.45, 7) is -0.479. The smallest absolute Gasteiger partial charge is 0.284 e. The van der Waals surface area contributed by atoms with Crippen LogP contribution in [0.1, 0.15) is 22.3 Å². The van der Waals surface area contributed by atoms with Crippen molar-refractivity contribution in [3.63, 3.8) is 0 Å². The number of sulfonamides is 1. The zero-order valence-corrected chi connectivity index (χ0v) is 17.2. The summed E-state index contributed by atoms with van der Waals surface area (Å²) in [7, 11) is -4.71. The second-order valence-electron chi connectivity index (χ2n) is 7.31. The summed E-state index contributed by atoms with van der Waals surface area (Å²) in [6, 6.07) is 4.21. The molecule has 1 fully saturated rings. The molecule has 1 aliphatic rings. The van der Waals surface area contributed by atoms with Crippen LogP contribution in [0.2, 0.25) is 0 Å². The van der Waals surface area contributed by atoms with Crippen LogP contribution in [0, 0.1) is 0 Å². The van der Waals surface area contributed by atoms with Gasteiger partial charge in [0.2, 0.25) is 10.0 Å². The lowest BCUT2D eigenvalue weighted by Crippen LogP contribution is -2.31. The van der Waals surface area contributed by atoms with E-state index in [0.717, 1.165) is 12.1 Å². The van der Waals surface area contributed by atoms with Crippen molar-refractivity contribution in [1.29, 1.82) is 0 Å². The summed E-state index contributed by atoms with van der Waals surface area (Å²) in [4.78, 5) is 0.333. The Bertz CT molecular complexity index is 1080. The second-order valence-corrected chi connectivity index (χ2v) is 9.25. The van der Waals surface area contributed by atoms with Gasteiger partial charge in [0, 0.05) is 19.6 Å². The van der Waals surface area contributed by atoms with E-state index in [2.05, 4.69) is 0 Å². The summed E-state index contributed by atoms with van der Waals surface area (Å²) in [5, 5.41) is 0. The molecule has 2 aromatic carbocycles. The van der Waals surface area contributed by atoms with Crippen molar-refractivity contribution in [2.45, 2.75) is 30.0 Å². The molecule has 0 spiro atoms. The molecule has 0 radical (unpaired) electrons. The predicted octanol–water partition coefficient (Wildman–Crippen LogP) is 5.21.